The Morgan fingerprint density at radius 2 is 2.15 bits per heavy atom. The molecule has 2 heterocycles. The highest BCUT2D eigenvalue weighted by Crippen LogP contribution is 2.31. The van der Waals surface area contributed by atoms with Crippen LogP contribution < -0.4 is 16.8 Å². The summed E-state index contributed by atoms with van der Waals surface area (Å²) in [5.41, 5.74) is 10.8. The van der Waals surface area contributed by atoms with Crippen molar-refractivity contribution in [2.24, 2.45) is 11.1 Å². The molecule has 0 fully saturated rings. The predicted molar refractivity (Wildman–Crippen MR) is 79.3 cm³/mol. The number of fused-ring (bicyclic) bond motifs is 1. The largest absolute Gasteiger partial charge is 0.397 e. The monoisotopic (exact) mass is 292 g/mol. The summed E-state index contributed by atoms with van der Waals surface area (Å²) in [4.78, 5) is 28.6. The maximum Gasteiger partial charge on any atom is 0.263 e. The van der Waals surface area contributed by atoms with E-state index in [-0.39, 0.29) is 12.5 Å². The van der Waals surface area contributed by atoms with Gasteiger partial charge in [0.15, 0.2) is 0 Å². The third-order valence-electron chi connectivity index (χ3n) is 3.07. The number of aromatic nitrogens is 1. The number of hydrogen-bond acceptors (Lipinski definition) is 5. The van der Waals surface area contributed by atoms with E-state index in [2.05, 4.69) is 10.3 Å². The number of nitrogens with one attached hydrogen (secondary N) is 1. The first-order chi connectivity index (χ1) is 9.33. The molecular formula is C13H16N4O2S. The topological polar surface area (TPSA) is 111 Å². The fraction of sp³-hybridized carbons (Fsp3) is 0.308. The maximum absolute atomic E-state index is 12.1. The molecule has 0 saturated carbocycles. The Bertz CT molecular complexity index is 678. The van der Waals surface area contributed by atoms with Gasteiger partial charge in [0, 0.05) is 18.1 Å². The molecule has 2 aromatic heterocycles. The minimum atomic E-state index is -0.806. The van der Waals surface area contributed by atoms with Gasteiger partial charge < -0.3 is 16.8 Å². The number of amides is 2. The van der Waals surface area contributed by atoms with Crippen LogP contribution in [-0.2, 0) is 4.79 Å². The molecule has 20 heavy (non-hydrogen) atoms. The van der Waals surface area contributed by atoms with Crippen LogP contribution in [0.3, 0.4) is 0 Å². The lowest BCUT2D eigenvalue weighted by Gasteiger charge is -2.20. The molecule has 0 aliphatic heterocycles. The molecule has 0 radical (unpaired) electrons. The number of carbonyl (C=O) groups is 2. The lowest BCUT2D eigenvalue weighted by molar-refractivity contribution is -0.125. The van der Waals surface area contributed by atoms with Gasteiger partial charge in [-0.1, -0.05) is 0 Å². The Balaban J connectivity index is 2.20. The quantitative estimate of drug-likeness (QED) is 0.784. The van der Waals surface area contributed by atoms with Gasteiger partial charge in [-0.05, 0) is 26.0 Å². The van der Waals surface area contributed by atoms with Crippen molar-refractivity contribution in [2.75, 3.05) is 12.3 Å². The van der Waals surface area contributed by atoms with Gasteiger partial charge >= 0.3 is 0 Å². The summed E-state index contributed by atoms with van der Waals surface area (Å²) in [5, 5.41) is 3.45. The Morgan fingerprint density at radius 3 is 2.75 bits per heavy atom. The molecule has 0 unspecified atom stereocenters. The number of rotatable bonds is 4. The average molecular weight is 292 g/mol. The number of thiophene rings is 1. The second kappa shape index (κ2) is 5.09. The summed E-state index contributed by atoms with van der Waals surface area (Å²) in [6, 6.07) is 3.58. The number of hydrogen-bond donors (Lipinski definition) is 3. The van der Waals surface area contributed by atoms with E-state index in [1.165, 1.54) is 11.3 Å². The van der Waals surface area contributed by atoms with Gasteiger partial charge in [-0.3, -0.25) is 9.59 Å². The normalized spacial score (nSPS) is 11.5. The molecule has 0 bridgehead atoms. The van der Waals surface area contributed by atoms with Crippen molar-refractivity contribution >= 4 is 39.1 Å². The smallest absolute Gasteiger partial charge is 0.263 e. The molecule has 6 nitrogen and oxygen atoms in total. The minimum absolute atomic E-state index is 0.155. The molecule has 0 atom stereocenters. The Kier molecular flexibility index (Phi) is 3.63. The van der Waals surface area contributed by atoms with Crippen molar-refractivity contribution < 1.29 is 9.59 Å². The molecule has 0 saturated heterocycles. The minimum Gasteiger partial charge on any atom is -0.397 e. The van der Waals surface area contributed by atoms with Crippen LogP contribution in [0.25, 0.3) is 10.2 Å². The van der Waals surface area contributed by atoms with Crippen molar-refractivity contribution in [2.45, 2.75) is 13.8 Å². The summed E-state index contributed by atoms with van der Waals surface area (Å²) in [6.45, 7) is 3.50. The second-order valence-electron chi connectivity index (χ2n) is 5.13. The number of nitrogen functional groups attached to an aromatic ring is 1. The third kappa shape index (κ3) is 2.57. The van der Waals surface area contributed by atoms with E-state index in [1.54, 1.807) is 26.1 Å². The van der Waals surface area contributed by atoms with Gasteiger partial charge in [0.25, 0.3) is 5.91 Å². The van der Waals surface area contributed by atoms with Gasteiger partial charge in [-0.15, -0.1) is 11.3 Å². The van der Waals surface area contributed by atoms with Crippen LogP contribution in [0.1, 0.15) is 23.5 Å². The molecule has 0 aromatic carbocycles. The van der Waals surface area contributed by atoms with Gasteiger partial charge in [0.1, 0.15) is 9.71 Å². The second-order valence-corrected chi connectivity index (χ2v) is 6.13. The molecule has 7 heteroatoms. The number of nitrogens with two attached hydrogens (primary N) is 2. The van der Waals surface area contributed by atoms with E-state index in [9.17, 15) is 9.59 Å². The molecule has 5 N–H and O–H groups in total. The SMILES string of the molecule is CC(C)(CNC(=O)c1sc2ncccc2c1N)C(N)=O. The van der Waals surface area contributed by atoms with Crippen molar-refractivity contribution in [3.05, 3.63) is 23.2 Å². The van der Waals surface area contributed by atoms with Crippen LogP contribution in [-0.4, -0.2) is 23.3 Å². The first-order valence-corrected chi connectivity index (χ1v) is 6.85. The molecule has 0 aliphatic carbocycles. The molecule has 0 aliphatic rings. The molecule has 106 valence electrons. The zero-order chi connectivity index (χ0) is 14.9. The van der Waals surface area contributed by atoms with Crippen molar-refractivity contribution in [1.29, 1.82) is 0 Å². The van der Waals surface area contributed by atoms with Gasteiger partial charge in [-0.25, -0.2) is 4.98 Å². The van der Waals surface area contributed by atoms with Crippen molar-refractivity contribution in [3.8, 4) is 0 Å². The lowest BCUT2D eigenvalue weighted by Crippen LogP contribution is -2.42. The molecule has 2 amide bonds. The highest BCUT2D eigenvalue weighted by Gasteiger charge is 2.26. The number of carbonyl (C=O) groups excluding carboxylic acids is 2. The van der Waals surface area contributed by atoms with Crippen LogP contribution in [0.15, 0.2) is 18.3 Å². The fourth-order valence-corrected chi connectivity index (χ4v) is 2.57. The standard InChI is InChI=1S/C13H16N4O2S/c1-13(2,12(15)19)6-17-10(18)9-8(14)7-4-3-5-16-11(7)20-9/h3-5H,6,14H2,1-2H3,(H2,15,19)(H,17,18). The number of anilines is 1. The number of primary amides is 1. The molecule has 2 aromatic rings. The van der Waals surface area contributed by atoms with Crippen LogP contribution in [0.5, 0.6) is 0 Å². The summed E-state index contributed by atoms with van der Waals surface area (Å²) in [6.07, 6.45) is 1.65. The molecule has 0 spiro atoms. The van der Waals surface area contributed by atoms with E-state index >= 15 is 0 Å². The van der Waals surface area contributed by atoms with E-state index in [1.807, 2.05) is 6.07 Å². The van der Waals surface area contributed by atoms with Crippen LogP contribution in [0.2, 0.25) is 0 Å². The molecular weight excluding hydrogens is 276 g/mol. The first-order valence-electron chi connectivity index (χ1n) is 6.04. The van der Waals surface area contributed by atoms with Crippen LogP contribution in [0, 0.1) is 5.41 Å². The van der Waals surface area contributed by atoms with Gasteiger partial charge in [0.2, 0.25) is 5.91 Å². The lowest BCUT2D eigenvalue weighted by atomic mass is 9.93. The van der Waals surface area contributed by atoms with E-state index in [0.717, 1.165) is 5.39 Å². The maximum atomic E-state index is 12.1. The first kappa shape index (κ1) is 14.3. The highest BCUT2D eigenvalue weighted by molar-refractivity contribution is 7.21. The van der Waals surface area contributed by atoms with Crippen LogP contribution in [0.4, 0.5) is 5.69 Å². The zero-order valence-corrected chi connectivity index (χ0v) is 12.1. The van der Waals surface area contributed by atoms with E-state index in [0.29, 0.717) is 15.4 Å². The Hall–Kier alpha value is -2.15. The summed E-state index contributed by atoms with van der Waals surface area (Å²) in [7, 11) is 0. The molecule has 2 rings (SSSR count). The predicted octanol–water partition coefficient (Wildman–Crippen LogP) is 1.12. The van der Waals surface area contributed by atoms with Crippen molar-refractivity contribution in [1.82, 2.24) is 10.3 Å². The van der Waals surface area contributed by atoms with E-state index < -0.39 is 11.3 Å². The van der Waals surface area contributed by atoms with Gasteiger partial charge in [-0.2, -0.15) is 0 Å². The Labute approximate surface area is 120 Å². The van der Waals surface area contributed by atoms with E-state index in [4.69, 9.17) is 11.5 Å². The van der Waals surface area contributed by atoms with Crippen LogP contribution >= 0.6 is 11.3 Å². The number of nitrogens with zero attached hydrogens (tertiary/aromatic N) is 1. The average Bonchev–Trinajstić information content (AvgIpc) is 2.74. The fourth-order valence-electron chi connectivity index (χ4n) is 1.59. The third-order valence-corrected chi connectivity index (χ3v) is 4.20. The summed E-state index contributed by atoms with van der Waals surface area (Å²) < 4.78 is 0. The Morgan fingerprint density at radius 1 is 1.45 bits per heavy atom. The highest BCUT2D eigenvalue weighted by atomic mass is 32.1. The summed E-state index contributed by atoms with van der Waals surface area (Å²) >= 11 is 1.23. The number of pyridine rings is 1. The van der Waals surface area contributed by atoms with Gasteiger partial charge in [0.05, 0.1) is 11.1 Å². The summed E-state index contributed by atoms with van der Waals surface area (Å²) in [5.74, 6) is -0.788. The zero-order valence-electron chi connectivity index (χ0n) is 11.3. The van der Waals surface area contributed by atoms with Crippen molar-refractivity contribution in [3.63, 3.8) is 0 Å².